The number of halogens is 1. The smallest absolute Gasteiger partial charge is 0.264 e. The summed E-state index contributed by atoms with van der Waals surface area (Å²) in [5, 5.41) is 0. The van der Waals surface area contributed by atoms with Crippen molar-refractivity contribution in [1.82, 2.24) is 0 Å². The van der Waals surface area contributed by atoms with Crippen LogP contribution in [0.1, 0.15) is 11.1 Å². The Morgan fingerprint density at radius 1 is 0.839 bits per heavy atom. The van der Waals surface area contributed by atoms with Gasteiger partial charge in [0.05, 0.1) is 38.5 Å². The first-order valence-corrected chi connectivity index (χ1v) is 10.9. The molecule has 0 aliphatic heterocycles. The van der Waals surface area contributed by atoms with Crippen LogP contribution in [0.3, 0.4) is 0 Å². The van der Waals surface area contributed by atoms with Crippen molar-refractivity contribution in [2.45, 2.75) is 18.4 Å². The average molecular weight is 446 g/mol. The lowest BCUT2D eigenvalue weighted by Crippen LogP contribution is -2.31. The van der Waals surface area contributed by atoms with Crippen LogP contribution in [-0.2, 0) is 16.6 Å². The molecule has 0 atom stereocenters. The van der Waals surface area contributed by atoms with E-state index in [2.05, 4.69) is 0 Å². The van der Waals surface area contributed by atoms with Crippen LogP contribution >= 0.6 is 0 Å². The third-order valence-corrected chi connectivity index (χ3v) is 6.72. The van der Waals surface area contributed by atoms with E-state index >= 15 is 0 Å². The van der Waals surface area contributed by atoms with Crippen LogP contribution < -0.4 is 18.5 Å². The highest BCUT2D eigenvalue weighted by Crippen LogP contribution is 2.34. The molecule has 0 saturated heterocycles. The van der Waals surface area contributed by atoms with Crippen LogP contribution in [0.2, 0.25) is 0 Å². The number of hydrogen-bond donors (Lipinski definition) is 0. The van der Waals surface area contributed by atoms with Gasteiger partial charge in [-0.25, -0.2) is 12.8 Å². The highest BCUT2D eigenvalue weighted by Gasteiger charge is 2.28. The highest BCUT2D eigenvalue weighted by atomic mass is 32.2. The molecule has 0 amide bonds. The summed E-state index contributed by atoms with van der Waals surface area (Å²) in [4.78, 5) is -0.114. The zero-order valence-electron chi connectivity index (χ0n) is 17.8. The molecular weight excluding hydrogens is 421 g/mol. The molecule has 0 heterocycles. The molecule has 0 aliphatic carbocycles. The second kappa shape index (κ2) is 9.26. The fourth-order valence-electron chi connectivity index (χ4n) is 3.16. The topological polar surface area (TPSA) is 65.1 Å². The zero-order chi connectivity index (χ0) is 22.6. The number of methoxy groups -OCH3 is 3. The van der Waals surface area contributed by atoms with Crippen LogP contribution in [0.4, 0.5) is 10.1 Å². The summed E-state index contributed by atoms with van der Waals surface area (Å²) < 4.78 is 58.5. The van der Waals surface area contributed by atoms with Gasteiger partial charge < -0.3 is 14.2 Å². The van der Waals surface area contributed by atoms with Gasteiger partial charge >= 0.3 is 0 Å². The Balaban J connectivity index is 2.20. The number of anilines is 1. The molecule has 8 heteroatoms. The molecule has 0 saturated carbocycles. The van der Waals surface area contributed by atoms with Crippen molar-refractivity contribution in [2.24, 2.45) is 0 Å². The Labute approximate surface area is 181 Å². The molecule has 0 bridgehead atoms. The van der Waals surface area contributed by atoms with Crippen LogP contribution in [0, 0.1) is 12.7 Å². The standard InChI is InChI=1S/C23H24FNO5S/c1-16-8-9-18(24)11-23(16)31(26,27)25(15-17-6-5-7-20(10-17)28-2)19-12-21(29-3)14-22(13-19)30-4/h5-14H,15H2,1-4H3. The van der Waals surface area contributed by atoms with Crippen LogP contribution in [0.15, 0.2) is 65.6 Å². The second-order valence-electron chi connectivity index (χ2n) is 6.84. The summed E-state index contributed by atoms with van der Waals surface area (Å²) in [6.07, 6.45) is 0. The fourth-order valence-corrected chi connectivity index (χ4v) is 4.83. The summed E-state index contributed by atoms with van der Waals surface area (Å²) in [5.41, 5.74) is 1.45. The molecule has 0 unspecified atom stereocenters. The van der Waals surface area contributed by atoms with Gasteiger partial charge in [-0.15, -0.1) is 0 Å². The zero-order valence-corrected chi connectivity index (χ0v) is 18.6. The van der Waals surface area contributed by atoms with E-state index in [1.165, 1.54) is 37.8 Å². The molecule has 3 aromatic carbocycles. The van der Waals surface area contributed by atoms with Gasteiger partial charge in [0.2, 0.25) is 0 Å². The molecule has 3 aromatic rings. The lowest BCUT2D eigenvalue weighted by Gasteiger charge is -2.26. The van der Waals surface area contributed by atoms with Crippen molar-refractivity contribution in [2.75, 3.05) is 25.6 Å². The van der Waals surface area contributed by atoms with Gasteiger partial charge in [-0.1, -0.05) is 18.2 Å². The Morgan fingerprint density at radius 2 is 1.48 bits per heavy atom. The van der Waals surface area contributed by atoms with E-state index in [4.69, 9.17) is 14.2 Å². The first kappa shape index (κ1) is 22.4. The van der Waals surface area contributed by atoms with E-state index in [1.54, 1.807) is 49.4 Å². The minimum Gasteiger partial charge on any atom is -0.497 e. The van der Waals surface area contributed by atoms with E-state index < -0.39 is 15.8 Å². The van der Waals surface area contributed by atoms with Gasteiger partial charge in [-0.2, -0.15) is 0 Å². The number of ether oxygens (including phenoxy) is 3. The molecule has 0 aromatic heterocycles. The van der Waals surface area contributed by atoms with Crippen LogP contribution in [0.5, 0.6) is 17.2 Å². The van der Waals surface area contributed by atoms with E-state index in [1.807, 2.05) is 0 Å². The van der Waals surface area contributed by atoms with Crippen molar-refractivity contribution in [3.05, 3.63) is 77.6 Å². The van der Waals surface area contributed by atoms with Crippen LogP contribution in [-0.4, -0.2) is 29.7 Å². The SMILES string of the molecule is COc1cccc(CN(c2cc(OC)cc(OC)c2)S(=O)(=O)c2cc(F)ccc2C)c1. The molecule has 31 heavy (non-hydrogen) atoms. The summed E-state index contributed by atoms with van der Waals surface area (Å²) >= 11 is 0. The third-order valence-electron chi connectivity index (χ3n) is 4.80. The normalized spacial score (nSPS) is 11.1. The fraction of sp³-hybridized carbons (Fsp3) is 0.217. The Bertz CT molecular complexity index is 1160. The van der Waals surface area contributed by atoms with Crippen LogP contribution in [0.25, 0.3) is 0 Å². The van der Waals surface area contributed by atoms with Crippen molar-refractivity contribution in [3.63, 3.8) is 0 Å². The average Bonchev–Trinajstić information content (AvgIpc) is 2.78. The quantitative estimate of drug-likeness (QED) is 0.509. The monoisotopic (exact) mass is 445 g/mol. The summed E-state index contributed by atoms with van der Waals surface area (Å²) in [5.74, 6) is 0.820. The predicted molar refractivity (Wildman–Crippen MR) is 117 cm³/mol. The Morgan fingerprint density at radius 3 is 2.10 bits per heavy atom. The number of nitrogens with zero attached hydrogens (tertiary/aromatic N) is 1. The van der Waals surface area contributed by atoms with Crippen molar-refractivity contribution in [1.29, 1.82) is 0 Å². The molecule has 3 rings (SSSR count). The Hall–Kier alpha value is -3.26. The van der Waals surface area contributed by atoms with Gasteiger partial charge in [0.15, 0.2) is 0 Å². The van der Waals surface area contributed by atoms with E-state index in [0.717, 1.165) is 6.07 Å². The predicted octanol–water partition coefficient (Wildman–Crippen LogP) is 4.56. The molecule has 0 N–H and O–H groups in total. The first-order valence-electron chi connectivity index (χ1n) is 9.43. The maximum Gasteiger partial charge on any atom is 0.264 e. The van der Waals surface area contributed by atoms with E-state index in [9.17, 15) is 12.8 Å². The maximum absolute atomic E-state index is 14.0. The minimum absolute atomic E-state index is 0.00813. The number of aryl methyl sites for hydroxylation is 1. The molecule has 0 spiro atoms. The van der Waals surface area contributed by atoms with Gasteiger partial charge in [0.25, 0.3) is 10.0 Å². The summed E-state index contributed by atoms with van der Waals surface area (Å²) in [7, 11) is 0.369. The number of sulfonamides is 1. The largest absolute Gasteiger partial charge is 0.497 e. The number of benzene rings is 3. The lowest BCUT2D eigenvalue weighted by atomic mass is 10.2. The van der Waals surface area contributed by atoms with Gasteiger partial charge in [0.1, 0.15) is 23.1 Å². The molecule has 6 nitrogen and oxygen atoms in total. The van der Waals surface area contributed by atoms with Gasteiger partial charge in [-0.05, 0) is 42.3 Å². The minimum atomic E-state index is -4.13. The molecule has 0 radical (unpaired) electrons. The van der Waals surface area contributed by atoms with E-state index in [0.29, 0.717) is 34.1 Å². The third kappa shape index (κ3) is 4.91. The van der Waals surface area contributed by atoms with Gasteiger partial charge in [0, 0.05) is 18.2 Å². The van der Waals surface area contributed by atoms with Crippen molar-refractivity contribution >= 4 is 15.7 Å². The van der Waals surface area contributed by atoms with Crippen molar-refractivity contribution in [3.8, 4) is 17.2 Å². The molecule has 0 fully saturated rings. The van der Waals surface area contributed by atoms with Gasteiger partial charge in [-0.3, -0.25) is 4.31 Å². The Kier molecular flexibility index (Phi) is 6.70. The van der Waals surface area contributed by atoms with Crippen molar-refractivity contribution < 1.29 is 27.0 Å². The number of hydrogen-bond acceptors (Lipinski definition) is 5. The lowest BCUT2D eigenvalue weighted by molar-refractivity contribution is 0.394. The summed E-state index contributed by atoms with van der Waals surface area (Å²) in [6, 6.07) is 15.6. The molecule has 164 valence electrons. The van der Waals surface area contributed by atoms with E-state index in [-0.39, 0.29) is 11.4 Å². The molecular formula is C23H24FNO5S. The number of rotatable bonds is 8. The molecule has 0 aliphatic rings. The second-order valence-corrected chi connectivity index (χ2v) is 8.67. The first-order chi connectivity index (χ1) is 14.8. The summed E-state index contributed by atoms with van der Waals surface area (Å²) in [6.45, 7) is 1.62. The highest BCUT2D eigenvalue weighted by molar-refractivity contribution is 7.92. The maximum atomic E-state index is 14.0.